The molecule has 9 heteroatoms. The second-order valence-electron chi connectivity index (χ2n) is 7.53. The van der Waals surface area contributed by atoms with Crippen molar-refractivity contribution in [2.24, 2.45) is 0 Å². The second-order valence-corrected chi connectivity index (χ2v) is 7.53. The third kappa shape index (κ3) is 3.53. The summed E-state index contributed by atoms with van der Waals surface area (Å²) in [6.07, 6.45) is 1.54. The fourth-order valence-electron chi connectivity index (χ4n) is 3.99. The van der Waals surface area contributed by atoms with Crippen molar-refractivity contribution >= 4 is 18.0 Å². The highest BCUT2D eigenvalue weighted by atomic mass is 16.2. The first-order valence-electron chi connectivity index (χ1n) is 10.2. The molecule has 1 amide bonds. The van der Waals surface area contributed by atoms with Gasteiger partial charge in [-0.25, -0.2) is 9.97 Å². The van der Waals surface area contributed by atoms with Gasteiger partial charge in [-0.15, -0.1) is 10.2 Å². The van der Waals surface area contributed by atoms with Crippen molar-refractivity contribution in [2.45, 2.75) is 26.3 Å². The van der Waals surface area contributed by atoms with Crippen LogP contribution in [0.3, 0.4) is 0 Å². The number of tetrazole rings is 1. The van der Waals surface area contributed by atoms with Gasteiger partial charge >= 0.3 is 0 Å². The number of carbonyl (C=O) groups is 2. The van der Waals surface area contributed by atoms with E-state index in [1.165, 1.54) is 0 Å². The van der Waals surface area contributed by atoms with Gasteiger partial charge in [-0.2, -0.15) is 5.21 Å². The number of nitrogens with one attached hydrogen (secondary N) is 1. The minimum absolute atomic E-state index is 0.0148. The van der Waals surface area contributed by atoms with Crippen molar-refractivity contribution in [1.29, 1.82) is 0 Å². The number of hydrogen-bond donors (Lipinski definition) is 1. The van der Waals surface area contributed by atoms with E-state index in [2.05, 4.69) is 30.6 Å². The van der Waals surface area contributed by atoms with Gasteiger partial charge in [0.05, 0.1) is 6.54 Å². The lowest BCUT2D eigenvalue weighted by molar-refractivity contribution is -0.119. The first-order chi connectivity index (χ1) is 15.6. The molecule has 1 aliphatic heterocycles. The number of carbonyl (C=O) groups excluding carboxylic acids is 2. The molecule has 0 spiro atoms. The van der Waals surface area contributed by atoms with Crippen molar-refractivity contribution < 1.29 is 9.59 Å². The molecule has 0 saturated carbocycles. The number of fused-ring (bicyclic) bond motifs is 1. The third-order valence-electron chi connectivity index (χ3n) is 5.51. The Morgan fingerprint density at radius 2 is 1.81 bits per heavy atom. The van der Waals surface area contributed by atoms with E-state index >= 15 is 0 Å². The van der Waals surface area contributed by atoms with Crippen LogP contribution in [0, 0.1) is 6.92 Å². The van der Waals surface area contributed by atoms with Crippen molar-refractivity contribution in [3.63, 3.8) is 0 Å². The number of aromatic nitrogens is 6. The highest BCUT2D eigenvalue weighted by Crippen LogP contribution is 2.31. The molecule has 0 bridgehead atoms. The van der Waals surface area contributed by atoms with Crippen LogP contribution in [0.2, 0.25) is 0 Å². The van der Waals surface area contributed by atoms with Gasteiger partial charge < -0.3 is 0 Å². The van der Waals surface area contributed by atoms with Crippen molar-refractivity contribution in [1.82, 2.24) is 30.6 Å². The summed E-state index contributed by atoms with van der Waals surface area (Å²) in [5, 5.41) is 14.3. The van der Waals surface area contributed by atoms with E-state index in [9.17, 15) is 9.59 Å². The number of aryl methyl sites for hydroxylation is 1. The van der Waals surface area contributed by atoms with Crippen LogP contribution in [0.4, 0.5) is 5.82 Å². The van der Waals surface area contributed by atoms with E-state index in [0.29, 0.717) is 42.5 Å². The topological polar surface area (TPSA) is 118 Å². The molecule has 0 fully saturated rings. The molecule has 9 nitrogen and oxygen atoms in total. The Bertz CT molecular complexity index is 1300. The van der Waals surface area contributed by atoms with Gasteiger partial charge in [-0.05, 0) is 35.2 Å². The summed E-state index contributed by atoms with van der Waals surface area (Å²) in [6.45, 7) is 2.09. The lowest BCUT2D eigenvalue weighted by atomic mass is 9.98. The average Bonchev–Trinajstić information content (AvgIpc) is 3.36. The summed E-state index contributed by atoms with van der Waals surface area (Å²) < 4.78 is 0. The van der Waals surface area contributed by atoms with Gasteiger partial charge in [-0.1, -0.05) is 48.5 Å². The summed E-state index contributed by atoms with van der Waals surface area (Å²) in [6, 6.07) is 15.8. The van der Waals surface area contributed by atoms with E-state index in [1.54, 1.807) is 11.8 Å². The second kappa shape index (κ2) is 8.10. The Hall–Kier alpha value is -4.27. The van der Waals surface area contributed by atoms with E-state index in [1.807, 2.05) is 48.5 Å². The molecule has 1 aliphatic rings. The Kier molecular flexibility index (Phi) is 4.98. The monoisotopic (exact) mass is 425 g/mol. The minimum atomic E-state index is -0.0148. The Balaban J connectivity index is 1.46. The minimum Gasteiger partial charge on any atom is -0.296 e. The number of anilines is 1. The molecule has 0 radical (unpaired) electrons. The SMILES string of the molecule is Cc1nc(C=O)c2c(n1)N(Cc1ccc(-c3ccccc3-c3nn[nH]n3)cc1)C(=O)CC2. The molecule has 0 atom stereocenters. The summed E-state index contributed by atoms with van der Waals surface area (Å²) in [5.74, 6) is 1.52. The van der Waals surface area contributed by atoms with E-state index < -0.39 is 0 Å². The Labute approximate surface area is 183 Å². The molecule has 2 aromatic carbocycles. The predicted octanol–water partition coefficient (Wildman–Crippen LogP) is 2.92. The predicted molar refractivity (Wildman–Crippen MR) is 117 cm³/mol. The molecule has 5 rings (SSSR count). The Morgan fingerprint density at radius 3 is 2.53 bits per heavy atom. The van der Waals surface area contributed by atoms with Gasteiger partial charge in [0.15, 0.2) is 6.29 Å². The van der Waals surface area contributed by atoms with Gasteiger partial charge in [0.25, 0.3) is 0 Å². The summed E-state index contributed by atoms with van der Waals surface area (Å²) >= 11 is 0. The molecule has 3 heterocycles. The number of benzene rings is 2. The molecule has 158 valence electrons. The quantitative estimate of drug-likeness (QED) is 0.489. The van der Waals surface area contributed by atoms with Crippen LogP contribution in [-0.2, 0) is 17.8 Å². The normalized spacial score (nSPS) is 13.2. The molecule has 32 heavy (non-hydrogen) atoms. The van der Waals surface area contributed by atoms with Crippen LogP contribution >= 0.6 is 0 Å². The fraction of sp³-hybridized carbons (Fsp3) is 0.174. The van der Waals surface area contributed by atoms with Crippen molar-refractivity contribution in [2.75, 3.05) is 4.90 Å². The maximum absolute atomic E-state index is 12.7. The van der Waals surface area contributed by atoms with Crippen LogP contribution in [0.15, 0.2) is 48.5 Å². The summed E-state index contributed by atoms with van der Waals surface area (Å²) in [4.78, 5) is 34.5. The molecular weight excluding hydrogens is 406 g/mol. The Morgan fingerprint density at radius 1 is 1.03 bits per heavy atom. The number of aromatic amines is 1. The molecule has 0 saturated heterocycles. The van der Waals surface area contributed by atoms with Gasteiger partial charge in [0.2, 0.25) is 11.7 Å². The number of amides is 1. The summed E-state index contributed by atoms with van der Waals surface area (Å²) in [7, 11) is 0. The first kappa shape index (κ1) is 19.7. The fourth-order valence-corrected chi connectivity index (χ4v) is 3.99. The average molecular weight is 425 g/mol. The van der Waals surface area contributed by atoms with Crippen molar-refractivity contribution in [3.05, 3.63) is 71.2 Å². The highest BCUT2D eigenvalue weighted by Gasteiger charge is 2.28. The zero-order chi connectivity index (χ0) is 22.1. The van der Waals surface area contributed by atoms with Crippen LogP contribution in [-0.4, -0.2) is 42.8 Å². The zero-order valence-electron chi connectivity index (χ0n) is 17.3. The number of hydrogen-bond acceptors (Lipinski definition) is 7. The van der Waals surface area contributed by atoms with Crippen LogP contribution in [0.25, 0.3) is 22.5 Å². The van der Waals surface area contributed by atoms with Gasteiger partial charge in [0.1, 0.15) is 17.3 Å². The lowest BCUT2D eigenvalue weighted by Gasteiger charge is -2.29. The molecule has 2 aromatic heterocycles. The number of H-pyrrole nitrogens is 1. The molecule has 4 aromatic rings. The number of rotatable bonds is 5. The molecule has 1 N–H and O–H groups in total. The van der Waals surface area contributed by atoms with Crippen LogP contribution in [0.1, 0.15) is 33.9 Å². The molecule has 0 aliphatic carbocycles. The van der Waals surface area contributed by atoms with Crippen molar-refractivity contribution in [3.8, 4) is 22.5 Å². The first-order valence-corrected chi connectivity index (χ1v) is 10.2. The number of nitrogens with zero attached hydrogens (tertiary/aromatic N) is 6. The van der Waals surface area contributed by atoms with Crippen LogP contribution < -0.4 is 4.90 Å². The third-order valence-corrected chi connectivity index (χ3v) is 5.51. The standard InChI is InChI=1S/C23H19N7O2/c1-14-24-20(13-31)19-10-11-21(32)30(23(19)25-14)12-15-6-8-16(9-7-15)17-4-2-3-5-18(17)22-26-28-29-27-22/h2-9,13H,10-12H2,1H3,(H,26,27,28,29). The van der Waals surface area contributed by atoms with E-state index in [4.69, 9.17) is 0 Å². The summed E-state index contributed by atoms with van der Waals surface area (Å²) in [5.41, 5.74) is 4.91. The zero-order valence-corrected chi connectivity index (χ0v) is 17.3. The van der Waals surface area contributed by atoms with E-state index in [0.717, 1.165) is 34.1 Å². The van der Waals surface area contributed by atoms with Gasteiger partial charge in [0, 0.05) is 17.5 Å². The number of aldehydes is 1. The highest BCUT2D eigenvalue weighted by molar-refractivity contribution is 5.96. The van der Waals surface area contributed by atoms with E-state index in [-0.39, 0.29) is 5.91 Å². The maximum Gasteiger partial charge on any atom is 0.228 e. The van der Waals surface area contributed by atoms with Crippen LogP contribution in [0.5, 0.6) is 0 Å². The lowest BCUT2D eigenvalue weighted by Crippen LogP contribution is -2.36. The smallest absolute Gasteiger partial charge is 0.228 e. The molecular formula is C23H19N7O2. The van der Waals surface area contributed by atoms with Gasteiger partial charge in [-0.3, -0.25) is 14.5 Å². The largest absolute Gasteiger partial charge is 0.296 e. The maximum atomic E-state index is 12.7. The molecule has 0 unspecified atom stereocenters.